The summed E-state index contributed by atoms with van der Waals surface area (Å²) in [5.41, 5.74) is 15.2. The molecule has 0 fully saturated rings. The third-order valence-corrected chi connectivity index (χ3v) is 13.2. The summed E-state index contributed by atoms with van der Waals surface area (Å²) in [5.74, 6) is 0. The van der Waals surface area contributed by atoms with E-state index in [1.54, 1.807) is 0 Å². The molecular weight excluding hydrogens is 789 g/mol. The fourth-order valence-electron chi connectivity index (χ4n) is 10.1. The van der Waals surface area contributed by atoms with E-state index in [1.807, 2.05) is 0 Å². The Kier molecular flexibility index (Phi) is 8.53. The molecule has 13 aromatic rings. The zero-order valence-corrected chi connectivity index (χ0v) is 35.4. The topological polar surface area (TPSA) is 21.3 Å². The molecule has 0 aliphatic carbocycles. The minimum absolute atomic E-state index is 0.855. The summed E-state index contributed by atoms with van der Waals surface area (Å²) in [6, 6.07) is 87.6. The van der Waals surface area contributed by atoms with Crippen LogP contribution in [0.25, 0.3) is 104 Å². The van der Waals surface area contributed by atoms with Crippen LogP contribution in [0.4, 0.5) is 17.1 Å². The van der Waals surface area contributed by atoms with E-state index in [-0.39, 0.29) is 0 Å². The Hall–Kier alpha value is -8.66. The lowest BCUT2D eigenvalue weighted by atomic mass is 9.96. The van der Waals surface area contributed by atoms with Crippen LogP contribution in [0, 0.1) is 0 Å². The molecule has 13 rings (SSSR count). The first-order valence-corrected chi connectivity index (χ1v) is 22.2. The van der Waals surface area contributed by atoms with Crippen molar-refractivity contribution in [2.24, 2.45) is 0 Å². The van der Waals surface area contributed by atoms with Crippen LogP contribution in [-0.4, -0.2) is 4.57 Å². The third kappa shape index (κ3) is 6.12. The van der Waals surface area contributed by atoms with E-state index in [0.717, 1.165) is 66.9 Å². The second-order valence-electron chi connectivity index (χ2n) is 16.9. The molecule has 0 bridgehead atoms. The minimum Gasteiger partial charge on any atom is -0.455 e. The van der Waals surface area contributed by atoms with E-state index in [9.17, 15) is 0 Å². The zero-order valence-electron chi connectivity index (χ0n) is 35.4. The molecule has 0 aliphatic heterocycles. The monoisotopic (exact) mass is 828 g/mol. The van der Waals surface area contributed by atoms with E-state index < -0.39 is 0 Å². The highest BCUT2D eigenvalue weighted by atomic mass is 16.3. The van der Waals surface area contributed by atoms with Crippen molar-refractivity contribution in [2.75, 3.05) is 4.90 Å². The second-order valence-corrected chi connectivity index (χ2v) is 16.9. The zero-order chi connectivity index (χ0) is 42.8. The first-order chi connectivity index (χ1) is 32.2. The van der Waals surface area contributed by atoms with E-state index >= 15 is 0 Å². The Bertz CT molecular complexity index is 3900. The smallest absolute Gasteiger partial charge is 0.145 e. The minimum atomic E-state index is 0.855. The molecule has 0 atom stereocenters. The summed E-state index contributed by atoms with van der Waals surface area (Å²) in [6.45, 7) is 0. The molecule has 2 heterocycles. The third-order valence-electron chi connectivity index (χ3n) is 13.2. The van der Waals surface area contributed by atoms with Gasteiger partial charge < -0.3 is 13.9 Å². The average molecular weight is 829 g/mol. The van der Waals surface area contributed by atoms with Gasteiger partial charge in [0.2, 0.25) is 0 Å². The van der Waals surface area contributed by atoms with Gasteiger partial charge in [0.15, 0.2) is 0 Å². The van der Waals surface area contributed by atoms with Gasteiger partial charge in [-0.05, 0) is 122 Å². The van der Waals surface area contributed by atoms with Crippen molar-refractivity contribution >= 4 is 82.4 Å². The fourth-order valence-corrected chi connectivity index (χ4v) is 10.1. The Morgan fingerprint density at radius 3 is 1.63 bits per heavy atom. The molecule has 65 heavy (non-hydrogen) atoms. The number of anilines is 3. The van der Waals surface area contributed by atoms with Crippen LogP contribution in [-0.2, 0) is 0 Å². The molecule has 0 amide bonds. The summed E-state index contributed by atoms with van der Waals surface area (Å²) < 4.78 is 9.31. The van der Waals surface area contributed by atoms with Crippen LogP contribution in [0.1, 0.15) is 0 Å². The number of nitrogens with zero attached hydrogens (tertiary/aromatic N) is 2. The molecule has 3 nitrogen and oxygen atoms in total. The molecule has 0 saturated heterocycles. The number of rotatable bonds is 7. The van der Waals surface area contributed by atoms with Gasteiger partial charge in [-0.15, -0.1) is 0 Å². The summed E-state index contributed by atoms with van der Waals surface area (Å²) >= 11 is 0. The maximum atomic E-state index is 6.94. The number of hydrogen-bond acceptors (Lipinski definition) is 2. The molecule has 2 aromatic heterocycles. The first kappa shape index (κ1) is 36.9. The van der Waals surface area contributed by atoms with Crippen molar-refractivity contribution in [2.45, 2.75) is 0 Å². The lowest BCUT2D eigenvalue weighted by Crippen LogP contribution is -2.10. The van der Waals surface area contributed by atoms with Gasteiger partial charge >= 0.3 is 0 Å². The Morgan fingerprint density at radius 2 is 0.892 bits per heavy atom. The van der Waals surface area contributed by atoms with Gasteiger partial charge in [-0.25, -0.2) is 0 Å². The standard InChI is InChI=1S/C62H40N2O/c1-2-14-41(15-3-1)44-17-12-19-49(39-44)63(50-20-13-18-45(40-50)46-32-35-52-47(38-46)29-28-42-16-4-5-21-51(42)52)59-37-36-53(62-61(59)56-24-8-11-27-60(56)65-62)43-30-33-48(34-31-43)64-57-25-9-6-22-54(57)55-23-7-10-26-58(55)64/h1-40H. The van der Waals surface area contributed by atoms with Gasteiger partial charge in [-0.1, -0.05) is 170 Å². The number of para-hydroxylation sites is 3. The van der Waals surface area contributed by atoms with Gasteiger partial charge in [0.1, 0.15) is 11.2 Å². The normalized spacial score (nSPS) is 11.7. The van der Waals surface area contributed by atoms with Crippen molar-refractivity contribution in [3.63, 3.8) is 0 Å². The summed E-state index contributed by atoms with van der Waals surface area (Å²) in [5, 5.41) is 9.66. The SMILES string of the molecule is c1ccc(-c2cccc(N(c3cccc(-c4ccc5c(ccc6ccccc65)c4)c3)c3ccc(-c4ccc(-n5c6ccccc6c6ccccc65)cc4)c4oc5ccccc5c34)c2)cc1. The molecule has 11 aromatic carbocycles. The molecule has 0 radical (unpaired) electrons. The molecular formula is C62H40N2O. The van der Waals surface area contributed by atoms with E-state index in [2.05, 4.69) is 252 Å². The second kappa shape index (κ2) is 15.0. The fraction of sp³-hybridized carbons (Fsp3) is 0. The maximum Gasteiger partial charge on any atom is 0.145 e. The average Bonchev–Trinajstić information content (AvgIpc) is 3.94. The number of benzene rings is 11. The molecule has 304 valence electrons. The molecule has 0 aliphatic rings. The van der Waals surface area contributed by atoms with Crippen molar-refractivity contribution in [3.05, 3.63) is 243 Å². The van der Waals surface area contributed by atoms with Crippen LogP contribution < -0.4 is 4.90 Å². The Morgan fingerprint density at radius 1 is 0.338 bits per heavy atom. The molecule has 0 spiro atoms. The van der Waals surface area contributed by atoms with Gasteiger partial charge in [0.05, 0.1) is 22.1 Å². The summed E-state index contributed by atoms with van der Waals surface area (Å²) in [4.78, 5) is 2.41. The number of hydrogen-bond donors (Lipinski definition) is 0. The quantitative estimate of drug-likeness (QED) is 0.149. The number of fused-ring (bicyclic) bond motifs is 9. The summed E-state index contributed by atoms with van der Waals surface area (Å²) in [7, 11) is 0. The highest BCUT2D eigenvalue weighted by molar-refractivity contribution is 6.17. The predicted octanol–water partition coefficient (Wildman–Crippen LogP) is 17.5. The Labute approximate surface area is 376 Å². The van der Waals surface area contributed by atoms with Gasteiger partial charge in [-0.2, -0.15) is 0 Å². The van der Waals surface area contributed by atoms with E-state index in [4.69, 9.17) is 4.42 Å². The van der Waals surface area contributed by atoms with Crippen molar-refractivity contribution in [3.8, 4) is 39.1 Å². The predicted molar refractivity (Wildman–Crippen MR) is 274 cm³/mol. The van der Waals surface area contributed by atoms with Crippen LogP contribution >= 0.6 is 0 Å². The number of aromatic nitrogens is 1. The van der Waals surface area contributed by atoms with Gasteiger partial charge in [0, 0.05) is 38.8 Å². The lowest BCUT2D eigenvalue weighted by Gasteiger charge is -2.27. The number of furan rings is 1. The van der Waals surface area contributed by atoms with E-state index in [1.165, 1.54) is 54.5 Å². The maximum absolute atomic E-state index is 6.94. The van der Waals surface area contributed by atoms with Crippen LogP contribution in [0.2, 0.25) is 0 Å². The van der Waals surface area contributed by atoms with Crippen molar-refractivity contribution in [1.82, 2.24) is 4.57 Å². The molecule has 0 saturated carbocycles. The van der Waals surface area contributed by atoms with Crippen molar-refractivity contribution < 1.29 is 4.42 Å². The van der Waals surface area contributed by atoms with Gasteiger partial charge in [0.25, 0.3) is 0 Å². The van der Waals surface area contributed by atoms with Crippen LogP contribution in [0.5, 0.6) is 0 Å². The lowest BCUT2D eigenvalue weighted by molar-refractivity contribution is 0.670. The molecule has 0 N–H and O–H groups in total. The molecule has 3 heteroatoms. The highest BCUT2D eigenvalue weighted by Crippen LogP contribution is 2.47. The Balaban J connectivity index is 0.986. The summed E-state index contributed by atoms with van der Waals surface area (Å²) in [6.07, 6.45) is 0. The van der Waals surface area contributed by atoms with Gasteiger partial charge in [-0.3, -0.25) is 0 Å². The van der Waals surface area contributed by atoms with Crippen LogP contribution in [0.15, 0.2) is 247 Å². The van der Waals surface area contributed by atoms with Crippen molar-refractivity contribution in [1.29, 1.82) is 0 Å². The molecule has 0 unspecified atom stereocenters. The highest BCUT2D eigenvalue weighted by Gasteiger charge is 2.23. The van der Waals surface area contributed by atoms with E-state index in [0.29, 0.717) is 0 Å². The van der Waals surface area contributed by atoms with Crippen LogP contribution in [0.3, 0.4) is 0 Å². The largest absolute Gasteiger partial charge is 0.455 e. The first-order valence-electron chi connectivity index (χ1n) is 22.2.